The summed E-state index contributed by atoms with van der Waals surface area (Å²) >= 11 is 0. The van der Waals surface area contributed by atoms with E-state index < -0.39 is 0 Å². The number of hydrogen-bond acceptors (Lipinski definition) is 2. The Morgan fingerprint density at radius 3 is 2.44 bits per heavy atom. The average molecular weight is 227 g/mol. The predicted molar refractivity (Wildman–Crippen MR) is 62.1 cm³/mol. The highest BCUT2D eigenvalue weighted by atomic mass is 16.2. The highest BCUT2D eigenvalue weighted by molar-refractivity contribution is 5.79. The van der Waals surface area contributed by atoms with Gasteiger partial charge in [-0.1, -0.05) is 6.92 Å². The zero-order valence-corrected chi connectivity index (χ0v) is 10.3. The van der Waals surface area contributed by atoms with Gasteiger partial charge in [-0.25, -0.2) is 4.79 Å². The minimum Gasteiger partial charge on any atom is -0.359 e. The second kappa shape index (κ2) is 5.72. The van der Waals surface area contributed by atoms with Crippen molar-refractivity contribution in [3.8, 4) is 0 Å². The van der Waals surface area contributed by atoms with Crippen molar-refractivity contribution in [1.82, 2.24) is 15.1 Å². The van der Waals surface area contributed by atoms with Gasteiger partial charge in [-0.2, -0.15) is 0 Å². The van der Waals surface area contributed by atoms with Gasteiger partial charge in [0.2, 0.25) is 5.91 Å². The molecule has 0 bridgehead atoms. The Morgan fingerprint density at radius 1 is 1.38 bits per heavy atom. The van der Waals surface area contributed by atoms with E-state index in [1.807, 2.05) is 11.8 Å². The van der Waals surface area contributed by atoms with Crippen LogP contribution < -0.4 is 5.32 Å². The standard InChI is InChI=1S/C11H21N3O2/c1-9(10(15)12-2)8-13(3)11(16)14-6-4-5-7-14/h9H,4-8H2,1-3H3,(H,12,15). The molecule has 1 saturated heterocycles. The van der Waals surface area contributed by atoms with Gasteiger partial charge in [0.1, 0.15) is 0 Å². The summed E-state index contributed by atoms with van der Waals surface area (Å²) in [5.74, 6) is -0.192. The highest BCUT2D eigenvalue weighted by Crippen LogP contribution is 2.10. The number of likely N-dealkylation sites (tertiary alicyclic amines) is 1. The second-order valence-corrected chi connectivity index (χ2v) is 4.37. The molecule has 0 aromatic rings. The molecular formula is C11H21N3O2. The van der Waals surface area contributed by atoms with Gasteiger partial charge in [0, 0.05) is 33.7 Å². The lowest BCUT2D eigenvalue weighted by atomic mass is 10.1. The van der Waals surface area contributed by atoms with Crippen LogP contribution in [0.5, 0.6) is 0 Å². The Kier molecular flexibility index (Phi) is 4.58. The Morgan fingerprint density at radius 2 is 1.94 bits per heavy atom. The summed E-state index contributed by atoms with van der Waals surface area (Å²) in [5.41, 5.74) is 0. The molecule has 0 aliphatic carbocycles. The summed E-state index contributed by atoms with van der Waals surface area (Å²) in [7, 11) is 3.36. The van der Waals surface area contributed by atoms with Crippen LogP contribution in [0.4, 0.5) is 4.79 Å². The topological polar surface area (TPSA) is 52.7 Å². The molecule has 5 nitrogen and oxygen atoms in total. The van der Waals surface area contributed by atoms with E-state index in [0.29, 0.717) is 6.54 Å². The van der Waals surface area contributed by atoms with Crippen LogP contribution in [0.15, 0.2) is 0 Å². The second-order valence-electron chi connectivity index (χ2n) is 4.37. The highest BCUT2D eigenvalue weighted by Gasteiger charge is 2.23. The molecule has 1 aliphatic heterocycles. The van der Waals surface area contributed by atoms with Crippen LogP contribution >= 0.6 is 0 Å². The number of nitrogens with zero attached hydrogens (tertiary/aromatic N) is 2. The smallest absolute Gasteiger partial charge is 0.319 e. The van der Waals surface area contributed by atoms with E-state index in [1.165, 1.54) is 0 Å². The lowest BCUT2D eigenvalue weighted by molar-refractivity contribution is -0.124. The Hall–Kier alpha value is -1.26. The minimum absolute atomic E-state index is 0.0268. The quantitative estimate of drug-likeness (QED) is 0.764. The molecule has 0 aromatic carbocycles. The first kappa shape index (κ1) is 12.8. The molecule has 1 N–H and O–H groups in total. The van der Waals surface area contributed by atoms with Gasteiger partial charge in [0.25, 0.3) is 0 Å². The molecule has 0 saturated carbocycles. The molecule has 1 heterocycles. The third kappa shape index (κ3) is 3.12. The van der Waals surface area contributed by atoms with Crippen LogP contribution in [-0.2, 0) is 4.79 Å². The monoisotopic (exact) mass is 227 g/mol. The fourth-order valence-electron chi connectivity index (χ4n) is 1.97. The summed E-state index contributed by atoms with van der Waals surface area (Å²) in [6.45, 7) is 3.98. The maximum atomic E-state index is 11.9. The van der Waals surface area contributed by atoms with E-state index in [0.717, 1.165) is 25.9 Å². The molecule has 0 radical (unpaired) electrons. The molecule has 1 fully saturated rings. The van der Waals surface area contributed by atoms with Crippen LogP contribution in [0.1, 0.15) is 19.8 Å². The summed E-state index contributed by atoms with van der Waals surface area (Å²) in [5, 5.41) is 2.59. The number of nitrogens with one attached hydrogen (secondary N) is 1. The van der Waals surface area contributed by atoms with Gasteiger partial charge in [0.15, 0.2) is 0 Å². The molecule has 1 aliphatic rings. The van der Waals surface area contributed by atoms with E-state index >= 15 is 0 Å². The van der Waals surface area contributed by atoms with Crippen molar-refractivity contribution < 1.29 is 9.59 Å². The zero-order valence-electron chi connectivity index (χ0n) is 10.3. The van der Waals surface area contributed by atoms with E-state index in [1.54, 1.807) is 19.0 Å². The van der Waals surface area contributed by atoms with Gasteiger partial charge in [0.05, 0.1) is 5.92 Å². The van der Waals surface area contributed by atoms with Crippen LogP contribution in [0.2, 0.25) is 0 Å². The van der Waals surface area contributed by atoms with Crippen molar-refractivity contribution >= 4 is 11.9 Å². The van der Waals surface area contributed by atoms with Crippen molar-refractivity contribution in [2.24, 2.45) is 5.92 Å². The molecule has 92 valence electrons. The summed E-state index contributed by atoms with van der Waals surface area (Å²) in [6, 6.07) is 0.0354. The van der Waals surface area contributed by atoms with Crippen LogP contribution in [0, 0.1) is 5.92 Å². The van der Waals surface area contributed by atoms with E-state index in [9.17, 15) is 9.59 Å². The fraction of sp³-hybridized carbons (Fsp3) is 0.818. The first-order valence-corrected chi connectivity index (χ1v) is 5.78. The van der Waals surface area contributed by atoms with Crippen molar-refractivity contribution in [2.75, 3.05) is 33.7 Å². The van der Waals surface area contributed by atoms with Crippen molar-refractivity contribution in [1.29, 1.82) is 0 Å². The van der Waals surface area contributed by atoms with E-state index in [-0.39, 0.29) is 17.9 Å². The van der Waals surface area contributed by atoms with Gasteiger partial charge < -0.3 is 15.1 Å². The van der Waals surface area contributed by atoms with Gasteiger partial charge in [-0.15, -0.1) is 0 Å². The number of urea groups is 1. The lowest BCUT2D eigenvalue weighted by Gasteiger charge is -2.26. The largest absolute Gasteiger partial charge is 0.359 e. The van der Waals surface area contributed by atoms with Crippen molar-refractivity contribution in [3.05, 3.63) is 0 Å². The maximum absolute atomic E-state index is 11.9. The SMILES string of the molecule is CNC(=O)C(C)CN(C)C(=O)N1CCCC1. The third-order valence-corrected chi connectivity index (χ3v) is 2.94. The van der Waals surface area contributed by atoms with E-state index in [4.69, 9.17) is 0 Å². The fourth-order valence-corrected chi connectivity index (χ4v) is 1.97. The minimum atomic E-state index is -0.165. The number of rotatable bonds is 3. The number of hydrogen-bond donors (Lipinski definition) is 1. The normalized spacial score (nSPS) is 17.1. The number of amides is 3. The van der Waals surface area contributed by atoms with Crippen LogP contribution in [-0.4, -0.2) is 55.5 Å². The molecule has 1 rings (SSSR count). The summed E-state index contributed by atoms with van der Waals surface area (Å²) in [6.07, 6.45) is 2.18. The van der Waals surface area contributed by atoms with Gasteiger partial charge in [-0.3, -0.25) is 4.79 Å². The molecule has 0 spiro atoms. The van der Waals surface area contributed by atoms with Crippen LogP contribution in [0.25, 0.3) is 0 Å². The zero-order chi connectivity index (χ0) is 12.1. The first-order chi connectivity index (χ1) is 7.56. The van der Waals surface area contributed by atoms with Crippen LogP contribution in [0.3, 0.4) is 0 Å². The van der Waals surface area contributed by atoms with Crippen molar-refractivity contribution in [2.45, 2.75) is 19.8 Å². The predicted octanol–water partition coefficient (Wildman–Crippen LogP) is 0.516. The number of carbonyl (C=O) groups excluding carboxylic acids is 2. The molecule has 3 amide bonds. The first-order valence-electron chi connectivity index (χ1n) is 5.78. The molecule has 0 aromatic heterocycles. The molecule has 5 heteroatoms. The Labute approximate surface area is 96.8 Å². The number of carbonyl (C=O) groups is 2. The summed E-state index contributed by atoms with van der Waals surface area (Å²) < 4.78 is 0. The maximum Gasteiger partial charge on any atom is 0.319 e. The van der Waals surface area contributed by atoms with Gasteiger partial charge in [-0.05, 0) is 12.8 Å². The Bertz CT molecular complexity index is 262. The summed E-state index contributed by atoms with van der Waals surface area (Å²) in [4.78, 5) is 26.7. The Balaban J connectivity index is 2.41. The molecule has 1 unspecified atom stereocenters. The van der Waals surface area contributed by atoms with Crippen molar-refractivity contribution in [3.63, 3.8) is 0 Å². The van der Waals surface area contributed by atoms with Gasteiger partial charge >= 0.3 is 6.03 Å². The third-order valence-electron chi connectivity index (χ3n) is 2.94. The molecule has 16 heavy (non-hydrogen) atoms. The molecular weight excluding hydrogens is 206 g/mol. The molecule has 1 atom stereocenters. The average Bonchev–Trinajstić information content (AvgIpc) is 2.79. The lowest BCUT2D eigenvalue weighted by Crippen LogP contribution is -2.43. The van der Waals surface area contributed by atoms with E-state index in [2.05, 4.69) is 5.32 Å².